The summed E-state index contributed by atoms with van der Waals surface area (Å²) in [7, 11) is 1.39. The van der Waals surface area contributed by atoms with Crippen LogP contribution in [-0.2, 0) is 9.53 Å². The summed E-state index contributed by atoms with van der Waals surface area (Å²) in [6, 6.07) is -0.240. The van der Waals surface area contributed by atoms with E-state index in [2.05, 4.69) is 22.3 Å². The molecule has 0 aromatic rings. The molecule has 6 nitrogen and oxygen atoms in total. The highest BCUT2D eigenvalue weighted by Gasteiger charge is 2.16. The first kappa shape index (κ1) is 14.7. The molecule has 92 valence electrons. The fraction of sp³-hybridized carbons (Fsp3) is 0.900. The summed E-state index contributed by atoms with van der Waals surface area (Å²) in [5, 5.41) is 6.53. The minimum atomic E-state index is -0.240. The molecule has 0 aliphatic heterocycles. The van der Waals surface area contributed by atoms with Crippen molar-refractivity contribution in [1.29, 1.82) is 0 Å². The third-order valence-electron chi connectivity index (χ3n) is 2.22. The van der Waals surface area contributed by atoms with Crippen LogP contribution in [0.25, 0.3) is 10.4 Å². The maximum Gasteiger partial charge on any atom is 0.322 e. The van der Waals surface area contributed by atoms with Crippen molar-refractivity contribution >= 4 is 5.97 Å². The maximum atomic E-state index is 11.4. The van der Waals surface area contributed by atoms with E-state index in [1.807, 2.05) is 0 Å². The number of rotatable bonds is 9. The largest absolute Gasteiger partial charge is 0.468 e. The number of methoxy groups -OCH3 is 1. The lowest BCUT2D eigenvalue weighted by atomic mass is 10.1. The van der Waals surface area contributed by atoms with Crippen LogP contribution < -0.4 is 5.32 Å². The number of nitrogens with one attached hydrogen (secondary N) is 1. The Morgan fingerprint density at radius 2 is 2.31 bits per heavy atom. The number of ether oxygens (including phenoxy) is 1. The average Bonchev–Trinajstić information content (AvgIpc) is 2.31. The average molecular weight is 228 g/mol. The normalized spacial score (nSPS) is 11.6. The van der Waals surface area contributed by atoms with Crippen molar-refractivity contribution in [2.24, 2.45) is 5.11 Å². The molecule has 0 aromatic heterocycles. The minimum absolute atomic E-state index is 0.225. The first-order valence-corrected chi connectivity index (χ1v) is 5.58. The number of carbonyl (C=O) groups is 1. The van der Waals surface area contributed by atoms with E-state index in [0.717, 1.165) is 25.7 Å². The molecule has 0 fully saturated rings. The Morgan fingerprint density at radius 3 is 2.88 bits per heavy atom. The second kappa shape index (κ2) is 10.3. The Labute approximate surface area is 96.0 Å². The molecule has 0 saturated heterocycles. The molecule has 0 bridgehead atoms. The number of azide groups is 1. The lowest BCUT2D eigenvalue weighted by Gasteiger charge is -2.15. The number of nitrogens with zero attached hydrogens (tertiary/aromatic N) is 3. The van der Waals surface area contributed by atoms with Crippen LogP contribution in [0.1, 0.15) is 32.6 Å². The lowest BCUT2D eigenvalue weighted by molar-refractivity contribution is -0.143. The summed E-state index contributed by atoms with van der Waals surface area (Å²) in [4.78, 5) is 14.0. The van der Waals surface area contributed by atoms with Gasteiger partial charge in [0.15, 0.2) is 0 Å². The smallest absolute Gasteiger partial charge is 0.322 e. The fourth-order valence-corrected chi connectivity index (χ4v) is 1.32. The third-order valence-corrected chi connectivity index (χ3v) is 2.22. The number of unbranched alkanes of at least 4 members (excludes halogenated alkanes) is 1. The summed E-state index contributed by atoms with van der Waals surface area (Å²) in [5.74, 6) is -0.225. The van der Waals surface area contributed by atoms with Gasteiger partial charge >= 0.3 is 5.97 Å². The number of hydrogen-bond donors (Lipinski definition) is 1. The van der Waals surface area contributed by atoms with Crippen molar-refractivity contribution in [2.75, 3.05) is 20.2 Å². The van der Waals surface area contributed by atoms with Crippen LogP contribution in [0.4, 0.5) is 0 Å². The fourth-order valence-electron chi connectivity index (χ4n) is 1.32. The molecule has 0 amide bonds. The van der Waals surface area contributed by atoms with Gasteiger partial charge in [-0.2, -0.15) is 0 Å². The topological polar surface area (TPSA) is 87.1 Å². The molecular formula is C10H20N4O2. The summed E-state index contributed by atoms with van der Waals surface area (Å²) in [6.07, 6.45) is 3.55. The van der Waals surface area contributed by atoms with Crippen LogP contribution in [0, 0.1) is 0 Å². The maximum absolute atomic E-state index is 11.4. The molecule has 0 radical (unpaired) electrons. The van der Waals surface area contributed by atoms with Gasteiger partial charge in [-0.3, -0.25) is 4.79 Å². The quantitative estimate of drug-likeness (QED) is 0.215. The molecular weight excluding hydrogens is 208 g/mol. The molecule has 0 spiro atoms. The van der Waals surface area contributed by atoms with Crippen molar-refractivity contribution in [3.8, 4) is 0 Å². The Bertz CT molecular complexity index is 239. The zero-order valence-electron chi connectivity index (χ0n) is 9.98. The summed E-state index contributed by atoms with van der Waals surface area (Å²) in [6.45, 7) is 3.18. The second-order valence-electron chi connectivity index (χ2n) is 3.48. The second-order valence-corrected chi connectivity index (χ2v) is 3.48. The zero-order chi connectivity index (χ0) is 12.2. The highest BCUT2D eigenvalue weighted by atomic mass is 16.5. The molecule has 1 N–H and O–H groups in total. The van der Waals surface area contributed by atoms with Gasteiger partial charge in [0.1, 0.15) is 6.04 Å². The summed E-state index contributed by atoms with van der Waals surface area (Å²) in [5.41, 5.74) is 8.08. The van der Waals surface area contributed by atoms with Crippen LogP contribution in [0.3, 0.4) is 0 Å². The van der Waals surface area contributed by atoms with Crippen LogP contribution in [0.5, 0.6) is 0 Å². The minimum Gasteiger partial charge on any atom is -0.468 e. The van der Waals surface area contributed by atoms with E-state index >= 15 is 0 Å². The Morgan fingerprint density at radius 1 is 1.56 bits per heavy atom. The Kier molecular flexibility index (Phi) is 9.46. The zero-order valence-corrected chi connectivity index (χ0v) is 9.98. The molecule has 1 unspecified atom stereocenters. The summed E-state index contributed by atoms with van der Waals surface area (Å²) >= 11 is 0. The van der Waals surface area contributed by atoms with Crippen LogP contribution >= 0.6 is 0 Å². The van der Waals surface area contributed by atoms with Crippen molar-refractivity contribution in [3.05, 3.63) is 10.4 Å². The highest BCUT2D eigenvalue weighted by molar-refractivity contribution is 5.75. The van der Waals surface area contributed by atoms with Crippen LogP contribution in [-0.4, -0.2) is 32.2 Å². The van der Waals surface area contributed by atoms with E-state index in [0.29, 0.717) is 13.1 Å². The van der Waals surface area contributed by atoms with Crippen LogP contribution in [0.15, 0.2) is 5.11 Å². The first-order chi connectivity index (χ1) is 7.76. The molecule has 0 rings (SSSR count). The molecule has 0 saturated carbocycles. The van der Waals surface area contributed by atoms with E-state index in [9.17, 15) is 4.79 Å². The number of hydrogen-bond acceptors (Lipinski definition) is 4. The lowest BCUT2D eigenvalue weighted by Crippen LogP contribution is -2.38. The highest BCUT2D eigenvalue weighted by Crippen LogP contribution is 2.02. The van der Waals surface area contributed by atoms with Crippen molar-refractivity contribution < 1.29 is 9.53 Å². The van der Waals surface area contributed by atoms with Crippen molar-refractivity contribution in [3.63, 3.8) is 0 Å². The van der Waals surface area contributed by atoms with E-state index in [1.54, 1.807) is 0 Å². The molecule has 0 aliphatic rings. The van der Waals surface area contributed by atoms with E-state index in [-0.39, 0.29) is 12.0 Å². The standard InChI is InChI=1S/C10H20N4O2/c1-3-4-6-9(10(15)16-2)12-7-5-8-13-14-11/h9,12H,3-8H2,1-2H3. The van der Waals surface area contributed by atoms with Gasteiger partial charge in [0, 0.05) is 11.5 Å². The van der Waals surface area contributed by atoms with Gasteiger partial charge in [0.2, 0.25) is 0 Å². The molecule has 0 aromatic carbocycles. The van der Waals surface area contributed by atoms with Gasteiger partial charge in [-0.05, 0) is 24.9 Å². The SMILES string of the molecule is CCCCC(NCCCN=[N+]=[N-])C(=O)OC. The van der Waals surface area contributed by atoms with Gasteiger partial charge < -0.3 is 10.1 Å². The van der Waals surface area contributed by atoms with Crippen LogP contribution in [0.2, 0.25) is 0 Å². The molecule has 1 atom stereocenters. The third kappa shape index (κ3) is 7.09. The van der Waals surface area contributed by atoms with Gasteiger partial charge in [0.25, 0.3) is 0 Å². The van der Waals surface area contributed by atoms with E-state index in [1.165, 1.54) is 7.11 Å². The Hall–Kier alpha value is -1.26. The predicted octanol–water partition coefficient (Wildman–Crippen LogP) is 2.01. The molecule has 6 heteroatoms. The molecule has 0 heterocycles. The van der Waals surface area contributed by atoms with Gasteiger partial charge in [0.05, 0.1) is 7.11 Å². The van der Waals surface area contributed by atoms with E-state index < -0.39 is 0 Å². The predicted molar refractivity (Wildman–Crippen MR) is 62.0 cm³/mol. The molecule has 16 heavy (non-hydrogen) atoms. The van der Waals surface area contributed by atoms with Crippen molar-refractivity contribution in [2.45, 2.75) is 38.6 Å². The molecule has 0 aliphatic carbocycles. The monoisotopic (exact) mass is 228 g/mol. The van der Waals surface area contributed by atoms with Crippen molar-refractivity contribution in [1.82, 2.24) is 5.32 Å². The van der Waals surface area contributed by atoms with Gasteiger partial charge in [-0.15, -0.1) is 0 Å². The van der Waals surface area contributed by atoms with Gasteiger partial charge in [-0.25, -0.2) is 0 Å². The van der Waals surface area contributed by atoms with Gasteiger partial charge in [-0.1, -0.05) is 24.9 Å². The first-order valence-electron chi connectivity index (χ1n) is 5.58. The van der Waals surface area contributed by atoms with E-state index in [4.69, 9.17) is 10.3 Å². The number of carbonyl (C=O) groups excluding carboxylic acids is 1. The summed E-state index contributed by atoms with van der Waals surface area (Å²) < 4.78 is 4.70. The number of esters is 1. The Balaban J connectivity index is 3.81.